The van der Waals surface area contributed by atoms with Gasteiger partial charge < -0.3 is 15.2 Å². The van der Waals surface area contributed by atoms with E-state index >= 15 is 0 Å². The highest BCUT2D eigenvalue weighted by atomic mass is 16.5. The highest BCUT2D eigenvalue weighted by Gasteiger charge is 2.66. The molecule has 2 N–H and O–H groups in total. The molecule has 1 aromatic rings. The van der Waals surface area contributed by atoms with Gasteiger partial charge in [-0.05, 0) is 31.7 Å². The quantitative estimate of drug-likeness (QED) is 0.897. The normalized spacial score (nSPS) is 33.2. The molecular weight excluding hydrogens is 290 g/mol. The van der Waals surface area contributed by atoms with Gasteiger partial charge in [0.15, 0.2) is 0 Å². The molecule has 0 aromatic heterocycles. The number of hydrogen-bond acceptors (Lipinski definition) is 3. The van der Waals surface area contributed by atoms with Crippen molar-refractivity contribution in [3.05, 3.63) is 35.9 Å². The molecule has 1 spiro atoms. The zero-order valence-electron chi connectivity index (χ0n) is 13.6. The van der Waals surface area contributed by atoms with Crippen LogP contribution in [0.25, 0.3) is 0 Å². The van der Waals surface area contributed by atoms with Gasteiger partial charge in [-0.25, -0.2) is 0 Å². The number of carbonyl (C=O) groups excluding carboxylic acids is 1. The summed E-state index contributed by atoms with van der Waals surface area (Å²) in [4.78, 5) is 12.5. The second-order valence-electron chi connectivity index (χ2n) is 7.69. The van der Waals surface area contributed by atoms with Crippen LogP contribution in [0.15, 0.2) is 30.3 Å². The molecule has 124 valence electrons. The lowest BCUT2D eigenvalue weighted by Gasteiger charge is -2.63. The summed E-state index contributed by atoms with van der Waals surface area (Å²) in [5.74, 6) is 0.418. The largest absolute Gasteiger partial charge is 0.385 e. The van der Waals surface area contributed by atoms with E-state index in [4.69, 9.17) is 4.74 Å². The first-order valence-corrected chi connectivity index (χ1v) is 8.72. The third-order valence-corrected chi connectivity index (χ3v) is 6.25. The SMILES string of the molecule is CC(O)(CC(=O)NC1C2CCOC2C12CCC2)c1ccccc1. The van der Waals surface area contributed by atoms with Crippen LogP contribution in [-0.4, -0.2) is 29.8 Å². The summed E-state index contributed by atoms with van der Waals surface area (Å²) < 4.78 is 5.89. The van der Waals surface area contributed by atoms with Crippen molar-refractivity contribution in [2.24, 2.45) is 11.3 Å². The van der Waals surface area contributed by atoms with E-state index in [1.165, 1.54) is 6.42 Å². The van der Waals surface area contributed by atoms with E-state index < -0.39 is 5.60 Å². The van der Waals surface area contributed by atoms with Crippen molar-refractivity contribution in [3.8, 4) is 0 Å². The zero-order chi connectivity index (χ0) is 16.1. The van der Waals surface area contributed by atoms with Gasteiger partial charge in [0.05, 0.1) is 18.1 Å². The smallest absolute Gasteiger partial charge is 0.223 e. The fraction of sp³-hybridized carbons (Fsp3) is 0.632. The van der Waals surface area contributed by atoms with Crippen molar-refractivity contribution in [2.45, 2.75) is 56.8 Å². The molecule has 0 radical (unpaired) electrons. The van der Waals surface area contributed by atoms with Crippen LogP contribution >= 0.6 is 0 Å². The number of nitrogens with one attached hydrogen (secondary N) is 1. The molecule has 1 saturated heterocycles. The molecule has 1 aliphatic heterocycles. The van der Waals surface area contributed by atoms with Crippen LogP contribution in [0.2, 0.25) is 0 Å². The number of ether oxygens (including phenoxy) is 1. The number of benzene rings is 1. The lowest BCUT2D eigenvalue weighted by Crippen LogP contribution is -2.71. The summed E-state index contributed by atoms with van der Waals surface area (Å²) in [6.07, 6.45) is 5.06. The molecule has 1 aromatic carbocycles. The van der Waals surface area contributed by atoms with Gasteiger partial charge in [-0.15, -0.1) is 0 Å². The van der Waals surface area contributed by atoms with E-state index in [0.29, 0.717) is 12.0 Å². The van der Waals surface area contributed by atoms with Gasteiger partial charge in [0, 0.05) is 24.0 Å². The Morgan fingerprint density at radius 3 is 2.78 bits per heavy atom. The Hall–Kier alpha value is -1.39. The van der Waals surface area contributed by atoms with Crippen LogP contribution in [0.4, 0.5) is 0 Å². The maximum absolute atomic E-state index is 12.5. The Morgan fingerprint density at radius 2 is 2.13 bits per heavy atom. The van der Waals surface area contributed by atoms with Crippen LogP contribution in [0.1, 0.15) is 44.6 Å². The highest BCUT2D eigenvalue weighted by Crippen LogP contribution is 2.62. The molecule has 4 unspecified atom stereocenters. The van der Waals surface area contributed by atoms with E-state index in [1.807, 2.05) is 30.3 Å². The highest BCUT2D eigenvalue weighted by molar-refractivity contribution is 5.78. The monoisotopic (exact) mass is 315 g/mol. The predicted octanol–water partition coefficient (Wildman–Crippen LogP) is 2.36. The maximum atomic E-state index is 12.5. The van der Waals surface area contributed by atoms with Gasteiger partial charge in [0.25, 0.3) is 0 Å². The van der Waals surface area contributed by atoms with E-state index in [2.05, 4.69) is 5.32 Å². The second kappa shape index (κ2) is 5.32. The third kappa shape index (κ3) is 2.31. The molecule has 4 rings (SSSR count). The molecule has 1 amide bonds. The van der Waals surface area contributed by atoms with E-state index in [9.17, 15) is 9.90 Å². The maximum Gasteiger partial charge on any atom is 0.223 e. The number of hydrogen-bond donors (Lipinski definition) is 2. The third-order valence-electron chi connectivity index (χ3n) is 6.25. The van der Waals surface area contributed by atoms with Crippen LogP contribution in [0.3, 0.4) is 0 Å². The standard InChI is InChI=1S/C19H25NO3/c1-18(22,13-6-3-2-4-7-13)12-15(21)20-16-14-8-11-23-17(14)19(16)9-5-10-19/h2-4,6-7,14,16-17,22H,5,8-12H2,1H3,(H,20,21). The Labute approximate surface area is 137 Å². The van der Waals surface area contributed by atoms with Crippen LogP contribution < -0.4 is 5.32 Å². The van der Waals surface area contributed by atoms with Crippen LogP contribution in [0.5, 0.6) is 0 Å². The van der Waals surface area contributed by atoms with Gasteiger partial charge in [0.2, 0.25) is 5.91 Å². The van der Waals surface area contributed by atoms with Crippen molar-refractivity contribution in [3.63, 3.8) is 0 Å². The summed E-state index contributed by atoms with van der Waals surface area (Å²) in [6, 6.07) is 9.65. The Morgan fingerprint density at radius 1 is 1.39 bits per heavy atom. The summed E-state index contributed by atoms with van der Waals surface area (Å²) in [5, 5.41) is 13.9. The van der Waals surface area contributed by atoms with Gasteiger partial charge in [0.1, 0.15) is 0 Å². The Bertz CT molecular complexity index is 594. The molecule has 2 saturated carbocycles. The van der Waals surface area contributed by atoms with Gasteiger partial charge >= 0.3 is 0 Å². The molecule has 4 heteroatoms. The van der Waals surface area contributed by atoms with E-state index in [1.54, 1.807) is 6.92 Å². The van der Waals surface area contributed by atoms with E-state index in [-0.39, 0.29) is 23.8 Å². The number of fused-ring (bicyclic) bond motifs is 2. The molecule has 4 nitrogen and oxygen atoms in total. The molecule has 1 heterocycles. The minimum absolute atomic E-state index is 0.0551. The lowest BCUT2D eigenvalue weighted by molar-refractivity contribution is -0.180. The fourth-order valence-electron chi connectivity index (χ4n) is 4.89. The topological polar surface area (TPSA) is 58.6 Å². The Kier molecular flexibility index (Phi) is 3.50. The van der Waals surface area contributed by atoms with Gasteiger partial charge in [-0.3, -0.25) is 4.79 Å². The number of aliphatic hydroxyl groups is 1. The first-order valence-electron chi connectivity index (χ1n) is 8.72. The van der Waals surface area contributed by atoms with Crippen LogP contribution in [0, 0.1) is 11.3 Å². The molecule has 2 aliphatic carbocycles. The average Bonchev–Trinajstić information content (AvgIpc) is 2.89. The summed E-state index contributed by atoms with van der Waals surface area (Å²) >= 11 is 0. The van der Waals surface area contributed by atoms with Crippen molar-refractivity contribution in [2.75, 3.05) is 6.61 Å². The average molecular weight is 315 g/mol. The first-order chi connectivity index (χ1) is 11.0. The molecule has 3 aliphatic rings. The molecule has 23 heavy (non-hydrogen) atoms. The van der Waals surface area contributed by atoms with E-state index in [0.717, 1.165) is 31.4 Å². The van der Waals surface area contributed by atoms with Crippen molar-refractivity contribution in [1.29, 1.82) is 0 Å². The van der Waals surface area contributed by atoms with Crippen LogP contribution in [-0.2, 0) is 15.1 Å². The van der Waals surface area contributed by atoms with Crippen molar-refractivity contribution >= 4 is 5.91 Å². The lowest BCUT2D eigenvalue weighted by atomic mass is 9.46. The fourth-order valence-corrected chi connectivity index (χ4v) is 4.89. The minimum Gasteiger partial charge on any atom is -0.385 e. The number of amides is 1. The summed E-state index contributed by atoms with van der Waals surface area (Å²) in [7, 11) is 0. The van der Waals surface area contributed by atoms with Crippen molar-refractivity contribution in [1.82, 2.24) is 5.32 Å². The zero-order valence-corrected chi connectivity index (χ0v) is 13.6. The molecule has 3 fully saturated rings. The summed E-state index contributed by atoms with van der Waals surface area (Å²) in [5.41, 5.74) is -0.160. The number of rotatable bonds is 4. The van der Waals surface area contributed by atoms with Gasteiger partial charge in [-0.1, -0.05) is 36.8 Å². The molecule has 4 atom stereocenters. The Balaban J connectivity index is 1.42. The summed E-state index contributed by atoms with van der Waals surface area (Å²) in [6.45, 7) is 2.54. The van der Waals surface area contributed by atoms with Gasteiger partial charge in [-0.2, -0.15) is 0 Å². The second-order valence-corrected chi connectivity index (χ2v) is 7.69. The van der Waals surface area contributed by atoms with Crippen molar-refractivity contribution < 1.29 is 14.6 Å². The first kappa shape index (κ1) is 15.2. The molecule has 0 bridgehead atoms. The molecular formula is C19H25NO3. The predicted molar refractivity (Wildman–Crippen MR) is 86.7 cm³/mol. The number of carbonyl (C=O) groups is 1. The minimum atomic E-state index is -1.13.